The summed E-state index contributed by atoms with van der Waals surface area (Å²) in [7, 11) is -3.68. The van der Waals surface area contributed by atoms with E-state index in [0.717, 1.165) is 18.9 Å². The Morgan fingerprint density at radius 2 is 1.94 bits per heavy atom. The van der Waals surface area contributed by atoms with Crippen LogP contribution in [0.5, 0.6) is 0 Å². The van der Waals surface area contributed by atoms with Gasteiger partial charge in [-0.2, -0.15) is 4.31 Å². The molecule has 0 aromatic heterocycles. The van der Waals surface area contributed by atoms with Crippen molar-refractivity contribution in [2.75, 3.05) is 6.54 Å². The Bertz CT molecular complexity index is 854. The number of hydrogen-bond donors (Lipinski definition) is 2. The third kappa shape index (κ3) is 4.82. The topological polar surface area (TPSA) is 77.8 Å². The first-order valence-electron chi connectivity index (χ1n) is 11.5. The van der Waals surface area contributed by atoms with Crippen molar-refractivity contribution >= 4 is 10.0 Å². The second kappa shape index (κ2) is 9.41. The zero-order chi connectivity index (χ0) is 22.2. The summed E-state index contributed by atoms with van der Waals surface area (Å²) in [6, 6.07) is -0.113. The minimum absolute atomic E-state index is 0.0909. The zero-order valence-electron chi connectivity index (χ0n) is 17.7. The van der Waals surface area contributed by atoms with Gasteiger partial charge in [0, 0.05) is 12.6 Å². The van der Waals surface area contributed by atoms with E-state index >= 15 is 0 Å². The third-order valence-corrected chi connectivity index (χ3v) is 9.75. The fraction of sp³-hybridized carbons (Fsp3) is 0.739. The summed E-state index contributed by atoms with van der Waals surface area (Å²) in [4.78, 5) is 0.377. The summed E-state index contributed by atoms with van der Waals surface area (Å²) in [5.74, 6) is -0.566. The fourth-order valence-electron chi connectivity index (χ4n) is 6.07. The van der Waals surface area contributed by atoms with Crippen molar-refractivity contribution in [3.8, 4) is 0 Å². The van der Waals surface area contributed by atoms with Crippen LogP contribution in [0, 0.1) is 23.7 Å². The first-order chi connectivity index (χ1) is 14.8. The maximum atomic E-state index is 14.5. The minimum Gasteiger partial charge on any atom is -0.368 e. The number of hydrogen-bond acceptors (Lipinski definition) is 4. The van der Waals surface area contributed by atoms with Gasteiger partial charge in [-0.05, 0) is 87.5 Å². The summed E-state index contributed by atoms with van der Waals surface area (Å²) in [6.07, 6.45) is 8.79. The first-order valence-corrected chi connectivity index (χ1v) is 12.9. The maximum absolute atomic E-state index is 14.5. The Balaban J connectivity index is 1.50. The lowest BCUT2D eigenvalue weighted by Gasteiger charge is -2.35. The van der Waals surface area contributed by atoms with E-state index in [0.29, 0.717) is 43.6 Å². The molecule has 0 aromatic rings. The highest BCUT2D eigenvalue weighted by atomic mass is 32.2. The molecular weight excluding hydrogens is 424 g/mol. The highest BCUT2D eigenvalue weighted by molar-refractivity contribution is 7.93. The van der Waals surface area contributed by atoms with Crippen molar-refractivity contribution in [1.29, 1.82) is 0 Å². The molecule has 6 atom stereocenters. The fourth-order valence-corrected chi connectivity index (χ4v) is 8.11. The van der Waals surface area contributed by atoms with Crippen LogP contribution in [0.1, 0.15) is 57.8 Å². The van der Waals surface area contributed by atoms with Gasteiger partial charge in [0.15, 0.2) is 6.29 Å². The molecule has 5 nitrogen and oxygen atoms in total. The molecule has 1 heterocycles. The lowest BCUT2D eigenvalue weighted by Crippen LogP contribution is -2.40. The van der Waals surface area contributed by atoms with Crippen molar-refractivity contribution < 1.29 is 27.4 Å². The van der Waals surface area contributed by atoms with Crippen LogP contribution in [-0.2, 0) is 10.0 Å². The highest BCUT2D eigenvalue weighted by Gasteiger charge is 2.48. The van der Waals surface area contributed by atoms with Crippen LogP contribution in [-0.4, -0.2) is 48.0 Å². The Hall–Kier alpha value is -1.09. The normalized spacial score (nSPS) is 36.9. The van der Waals surface area contributed by atoms with Crippen LogP contribution >= 0.6 is 0 Å². The van der Waals surface area contributed by atoms with E-state index in [9.17, 15) is 27.4 Å². The molecule has 5 unspecified atom stereocenters. The van der Waals surface area contributed by atoms with E-state index in [2.05, 4.69) is 6.08 Å². The van der Waals surface area contributed by atoms with Crippen molar-refractivity contribution in [1.82, 2.24) is 4.31 Å². The van der Waals surface area contributed by atoms with E-state index in [-0.39, 0.29) is 42.6 Å². The molecule has 0 aromatic carbocycles. The SMILES string of the molecule is O=S(=O)(C1=CCCC(C2CCC(F)=C[C@H]2F)C1)N1CC(CCC(O)O)C2CC=CCC21. The lowest BCUT2D eigenvalue weighted by molar-refractivity contribution is -0.0495. The summed E-state index contributed by atoms with van der Waals surface area (Å²) in [5.41, 5.74) is 0. The van der Waals surface area contributed by atoms with Gasteiger partial charge in [0.25, 0.3) is 0 Å². The number of aliphatic hydroxyl groups is 2. The second-order valence-corrected chi connectivity index (χ2v) is 11.5. The third-order valence-electron chi connectivity index (χ3n) is 7.72. The van der Waals surface area contributed by atoms with Gasteiger partial charge < -0.3 is 10.2 Å². The van der Waals surface area contributed by atoms with E-state index in [4.69, 9.17) is 0 Å². The molecule has 4 aliphatic rings. The molecule has 8 heteroatoms. The molecule has 1 aliphatic heterocycles. The molecule has 31 heavy (non-hydrogen) atoms. The Kier molecular flexibility index (Phi) is 7.01. The largest absolute Gasteiger partial charge is 0.368 e. The van der Waals surface area contributed by atoms with Gasteiger partial charge in [-0.25, -0.2) is 17.2 Å². The van der Waals surface area contributed by atoms with Gasteiger partial charge in [0.05, 0.1) is 10.7 Å². The van der Waals surface area contributed by atoms with Gasteiger partial charge in [-0.3, -0.25) is 0 Å². The Labute approximate surface area is 183 Å². The number of aliphatic hydroxyl groups excluding tert-OH is 1. The molecule has 0 bridgehead atoms. The predicted octanol–water partition coefficient (Wildman–Crippen LogP) is 3.96. The molecule has 1 fully saturated rings. The molecule has 0 spiro atoms. The molecular formula is C23H33F2NO4S. The average Bonchev–Trinajstić information content (AvgIpc) is 3.12. The van der Waals surface area contributed by atoms with Crippen molar-refractivity contribution in [2.45, 2.75) is 76.3 Å². The number of nitrogens with zero attached hydrogens (tertiary/aromatic N) is 1. The molecule has 0 saturated carbocycles. The van der Waals surface area contributed by atoms with Crippen LogP contribution in [0.2, 0.25) is 0 Å². The van der Waals surface area contributed by atoms with Gasteiger partial charge in [0.1, 0.15) is 6.17 Å². The molecule has 0 amide bonds. The maximum Gasteiger partial charge on any atom is 0.239 e. The van der Waals surface area contributed by atoms with Gasteiger partial charge in [-0.1, -0.05) is 18.2 Å². The number of halogens is 2. The zero-order valence-corrected chi connectivity index (χ0v) is 18.6. The number of alkyl halides is 1. The summed E-state index contributed by atoms with van der Waals surface area (Å²) >= 11 is 0. The lowest BCUT2D eigenvalue weighted by atomic mass is 9.76. The minimum atomic E-state index is -3.68. The number of allylic oxidation sites excluding steroid dienone is 5. The summed E-state index contributed by atoms with van der Waals surface area (Å²) in [5, 5.41) is 18.5. The summed E-state index contributed by atoms with van der Waals surface area (Å²) in [6.45, 7) is 0.386. The molecule has 0 radical (unpaired) electrons. The smallest absolute Gasteiger partial charge is 0.239 e. The van der Waals surface area contributed by atoms with Crippen LogP contribution in [0.4, 0.5) is 8.78 Å². The molecule has 4 rings (SSSR count). The van der Waals surface area contributed by atoms with Crippen molar-refractivity contribution in [2.24, 2.45) is 23.7 Å². The molecule has 3 aliphatic carbocycles. The second-order valence-electron chi connectivity index (χ2n) is 9.54. The van der Waals surface area contributed by atoms with Gasteiger partial charge in [0.2, 0.25) is 10.0 Å². The Morgan fingerprint density at radius 3 is 2.68 bits per heavy atom. The van der Waals surface area contributed by atoms with Crippen LogP contribution < -0.4 is 0 Å². The van der Waals surface area contributed by atoms with Crippen LogP contribution in [0.25, 0.3) is 0 Å². The Morgan fingerprint density at radius 1 is 1.16 bits per heavy atom. The highest BCUT2D eigenvalue weighted by Crippen LogP contribution is 2.45. The molecule has 174 valence electrons. The van der Waals surface area contributed by atoms with Crippen molar-refractivity contribution in [3.05, 3.63) is 35.0 Å². The van der Waals surface area contributed by atoms with E-state index in [1.165, 1.54) is 0 Å². The van der Waals surface area contributed by atoms with Gasteiger partial charge in [-0.15, -0.1) is 0 Å². The standard InChI is InChI=1S/C23H33F2NO4S/c24-17-9-10-19(21(25)13-17)15-4-3-5-18(12-15)31(29,30)26-14-16(8-11-23(27)28)20-6-1-2-7-22(20)26/h1-2,5,13,15-16,19-23,27-28H,3-4,6-12,14H2/t15?,16?,19?,20?,21-,22?/m1/s1. The van der Waals surface area contributed by atoms with Crippen LogP contribution in [0.15, 0.2) is 35.0 Å². The first kappa shape index (κ1) is 23.1. The quantitative estimate of drug-likeness (QED) is 0.468. The predicted molar refractivity (Wildman–Crippen MR) is 114 cm³/mol. The number of rotatable bonds is 6. The van der Waals surface area contributed by atoms with E-state index in [1.807, 2.05) is 6.08 Å². The molecule has 1 saturated heterocycles. The van der Waals surface area contributed by atoms with E-state index in [1.54, 1.807) is 10.4 Å². The van der Waals surface area contributed by atoms with E-state index < -0.39 is 28.3 Å². The summed E-state index contributed by atoms with van der Waals surface area (Å²) < 4.78 is 56.8. The van der Waals surface area contributed by atoms with Gasteiger partial charge >= 0.3 is 0 Å². The number of fused-ring (bicyclic) bond motifs is 1. The van der Waals surface area contributed by atoms with Crippen LogP contribution in [0.3, 0.4) is 0 Å². The monoisotopic (exact) mass is 457 g/mol. The molecule has 2 N–H and O–H groups in total. The number of sulfonamides is 1. The average molecular weight is 458 g/mol. The van der Waals surface area contributed by atoms with Crippen molar-refractivity contribution in [3.63, 3.8) is 0 Å².